The molecule has 0 aromatic heterocycles. The predicted molar refractivity (Wildman–Crippen MR) is 121 cm³/mol. The number of aliphatic imine (C=N–C) groups is 1. The highest BCUT2D eigenvalue weighted by molar-refractivity contribution is 5.79. The van der Waals surface area contributed by atoms with Crippen molar-refractivity contribution in [2.24, 2.45) is 16.8 Å². The van der Waals surface area contributed by atoms with Crippen LogP contribution in [0.2, 0.25) is 0 Å². The van der Waals surface area contributed by atoms with Crippen molar-refractivity contribution in [1.29, 1.82) is 0 Å². The van der Waals surface area contributed by atoms with Crippen LogP contribution in [0.3, 0.4) is 0 Å². The van der Waals surface area contributed by atoms with E-state index in [1.165, 1.54) is 19.4 Å². The lowest BCUT2D eigenvalue weighted by Gasteiger charge is -2.30. The molecule has 1 heterocycles. The van der Waals surface area contributed by atoms with Gasteiger partial charge in [0.2, 0.25) is 0 Å². The first-order valence-electron chi connectivity index (χ1n) is 11.2. The van der Waals surface area contributed by atoms with Crippen LogP contribution >= 0.6 is 0 Å². The summed E-state index contributed by atoms with van der Waals surface area (Å²) in [7, 11) is 4.26. The summed E-state index contributed by atoms with van der Waals surface area (Å²) in [5, 5.41) is 6.44. The number of nitrogens with one attached hydrogen (secondary N) is 2. The van der Waals surface area contributed by atoms with Gasteiger partial charge in [-0.1, -0.05) is 13.8 Å². The number of piperidine rings is 1. The van der Waals surface area contributed by atoms with Crippen LogP contribution in [0.4, 0.5) is 4.79 Å². The molecule has 1 aliphatic heterocycles. The zero-order chi connectivity index (χ0) is 22.0. The van der Waals surface area contributed by atoms with Crippen LogP contribution in [0, 0.1) is 11.8 Å². The quantitative estimate of drug-likeness (QED) is 0.474. The van der Waals surface area contributed by atoms with Crippen molar-refractivity contribution in [1.82, 2.24) is 20.4 Å². The van der Waals surface area contributed by atoms with E-state index in [1.807, 2.05) is 20.8 Å². The molecule has 0 aromatic rings. The summed E-state index contributed by atoms with van der Waals surface area (Å²) >= 11 is 0. The minimum absolute atomic E-state index is 0.0576. The number of hydrogen-bond donors (Lipinski definition) is 2. The van der Waals surface area contributed by atoms with E-state index >= 15 is 0 Å². The van der Waals surface area contributed by atoms with Crippen LogP contribution in [0.15, 0.2) is 4.99 Å². The van der Waals surface area contributed by atoms with Gasteiger partial charge in [0.15, 0.2) is 5.96 Å². The minimum Gasteiger partial charge on any atom is -0.444 e. The van der Waals surface area contributed by atoms with E-state index < -0.39 is 5.60 Å². The number of alkyl carbamates (subject to hydrolysis) is 1. The van der Waals surface area contributed by atoms with Crippen LogP contribution < -0.4 is 10.6 Å². The highest BCUT2D eigenvalue weighted by Gasteiger charge is 2.22. The number of likely N-dealkylation sites (tertiary alicyclic amines) is 1. The summed E-state index contributed by atoms with van der Waals surface area (Å²) < 4.78 is 5.42. The van der Waals surface area contributed by atoms with E-state index in [-0.39, 0.29) is 12.1 Å². The monoisotopic (exact) mass is 411 g/mol. The van der Waals surface area contributed by atoms with Gasteiger partial charge in [-0.2, -0.15) is 0 Å². The van der Waals surface area contributed by atoms with Crippen molar-refractivity contribution in [2.45, 2.75) is 72.4 Å². The Morgan fingerprint density at radius 3 is 2.59 bits per heavy atom. The normalized spacial score (nSPS) is 19.8. The predicted octanol–water partition coefficient (Wildman–Crippen LogP) is 3.16. The van der Waals surface area contributed by atoms with Crippen LogP contribution in [0.5, 0.6) is 0 Å². The molecule has 170 valence electrons. The molecule has 1 fully saturated rings. The summed E-state index contributed by atoms with van der Waals surface area (Å²) in [4.78, 5) is 21.6. The number of carbonyl (C=O) groups excluding carboxylic acids is 1. The molecule has 0 aromatic carbocycles. The molecule has 0 aliphatic carbocycles. The second kappa shape index (κ2) is 12.3. The van der Waals surface area contributed by atoms with Gasteiger partial charge in [-0.15, -0.1) is 0 Å². The minimum atomic E-state index is -0.486. The van der Waals surface area contributed by atoms with Crippen LogP contribution in [-0.2, 0) is 4.74 Å². The van der Waals surface area contributed by atoms with Crippen molar-refractivity contribution >= 4 is 12.1 Å². The lowest BCUT2D eigenvalue weighted by Crippen LogP contribution is -2.45. The first-order valence-corrected chi connectivity index (χ1v) is 11.2. The van der Waals surface area contributed by atoms with Crippen LogP contribution in [0.1, 0.15) is 60.8 Å². The first kappa shape index (κ1) is 25.5. The Bertz CT molecular complexity index is 516. The van der Waals surface area contributed by atoms with E-state index in [2.05, 4.69) is 55.3 Å². The summed E-state index contributed by atoms with van der Waals surface area (Å²) in [6.45, 7) is 16.8. The zero-order valence-corrected chi connectivity index (χ0v) is 20.0. The molecule has 0 spiro atoms. The standard InChI is InChI=1S/C22H45N5O2/c1-9-23-20(24-15-18-11-10-13-26(7)16-18)27(8)14-12-19(17(2)3)25-21(28)29-22(4,5)6/h17-19H,9-16H2,1-8H3,(H,23,24)(H,25,28). The van der Waals surface area contributed by atoms with E-state index in [0.29, 0.717) is 11.8 Å². The molecular weight excluding hydrogens is 366 g/mol. The molecular formula is C22H45N5O2. The van der Waals surface area contributed by atoms with Crippen molar-refractivity contribution in [3.8, 4) is 0 Å². The molecule has 29 heavy (non-hydrogen) atoms. The maximum Gasteiger partial charge on any atom is 0.407 e. The van der Waals surface area contributed by atoms with E-state index in [9.17, 15) is 4.79 Å². The van der Waals surface area contributed by atoms with Gasteiger partial charge in [0.25, 0.3) is 0 Å². The molecule has 0 bridgehead atoms. The molecule has 2 N–H and O–H groups in total. The summed E-state index contributed by atoms with van der Waals surface area (Å²) in [5.41, 5.74) is -0.486. The van der Waals surface area contributed by atoms with Crippen molar-refractivity contribution in [2.75, 3.05) is 46.8 Å². The fraction of sp³-hybridized carbons (Fsp3) is 0.909. The maximum absolute atomic E-state index is 12.2. The average Bonchev–Trinajstić information content (AvgIpc) is 2.60. The third kappa shape index (κ3) is 10.7. The molecule has 7 nitrogen and oxygen atoms in total. The number of carbonyl (C=O) groups is 1. The number of rotatable bonds is 8. The molecule has 1 aliphatic rings. The zero-order valence-electron chi connectivity index (χ0n) is 20.0. The third-order valence-corrected chi connectivity index (χ3v) is 5.20. The number of guanidine groups is 1. The Hall–Kier alpha value is -1.50. The largest absolute Gasteiger partial charge is 0.444 e. The van der Waals surface area contributed by atoms with Crippen molar-refractivity contribution < 1.29 is 9.53 Å². The van der Waals surface area contributed by atoms with E-state index in [0.717, 1.165) is 38.6 Å². The highest BCUT2D eigenvalue weighted by atomic mass is 16.6. The van der Waals surface area contributed by atoms with Crippen LogP contribution in [0.25, 0.3) is 0 Å². The lowest BCUT2D eigenvalue weighted by atomic mass is 9.99. The molecule has 0 saturated carbocycles. The van der Waals surface area contributed by atoms with Gasteiger partial charge < -0.3 is 25.2 Å². The molecule has 0 radical (unpaired) electrons. The van der Waals surface area contributed by atoms with E-state index in [1.54, 1.807) is 0 Å². The van der Waals surface area contributed by atoms with Crippen LogP contribution in [-0.4, -0.2) is 80.3 Å². The Balaban J connectivity index is 2.61. The fourth-order valence-electron chi connectivity index (χ4n) is 3.58. The first-order chi connectivity index (χ1) is 13.5. The molecule has 1 saturated heterocycles. The number of amides is 1. The molecule has 1 rings (SSSR count). The topological polar surface area (TPSA) is 69.2 Å². The molecule has 2 atom stereocenters. The van der Waals surface area contributed by atoms with Gasteiger partial charge in [0.05, 0.1) is 0 Å². The van der Waals surface area contributed by atoms with Gasteiger partial charge in [0.1, 0.15) is 5.60 Å². The molecule has 2 unspecified atom stereocenters. The van der Waals surface area contributed by atoms with Gasteiger partial charge >= 0.3 is 6.09 Å². The maximum atomic E-state index is 12.2. The number of ether oxygens (including phenoxy) is 1. The smallest absolute Gasteiger partial charge is 0.407 e. The Morgan fingerprint density at radius 1 is 1.34 bits per heavy atom. The Labute approximate surface area is 178 Å². The number of nitrogens with zero attached hydrogens (tertiary/aromatic N) is 3. The van der Waals surface area contributed by atoms with Crippen molar-refractivity contribution in [3.63, 3.8) is 0 Å². The van der Waals surface area contributed by atoms with Gasteiger partial charge in [-0.05, 0) is 72.4 Å². The summed E-state index contributed by atoms with van der Waals surface area (Å²) in [5.74, 6) is 1.90. The lowest BCUT2D eigenvalue weighted by molar-refractivity contribution is 0.0486. The second-order valence-electron chi connectivity index (χ2n) is 9.67. The van der Waals surface area contributed by atoms with Gasteiger partial charge in [-0.25, -0.2) is 4.79 Å². The summed E-state index contributed by atoms with van der Waals surface area (Å²) in [6, 6.07) is 0.0576. The Kier molecular flexibility index (Phi) is 10.8. The van der Waals surface area contributed by atoms with Crippen molar-refractivity contribution in [3.05, 3.63) is 0 Å². The Morgan fingerprint density at radius 2 is 2.03 bits per heavy atom. The van der Waals surface area contributed by atoms with E-state index in [4.69, 9.17) is 9.73 Å². The van der Waals surface area contributed by atoms with Gasteiger partial charge in [0, 0.05) is 39.3 Å². The third-order valence-electron chi connectivity index (χ3n) is 5.20. The number of hydrogen-bond acceptors (Lipinski definition) is 4. The average molecular weight is 412 g/mol. The fourth-order valence-corrected chi connectivity index (χ4v) is 3.58. The molecule has 1 amide bonds. The highest BCUT2D eigenvalue weighted by Crippen LogP contribution is 2.15. The summed E-state index contributed by atoms with van der Waals surface area (Å²) in [6.07, 6.45) is 3.01. The van der Waals surface area contributed by atoms with Gasteiger partial charge in [-0.3, -0.25) is 4.99 Å². The SMILES string of the molecule is CCNC(=NCC1CCCN(C)C1)N(C)CCC(NC(=O)OC(C)(C)C)C(C)C. The second-order valence-corrected chi connectivity index (χ2v) is 9.67. The molecule has 7 heteroatoms.